The lowest BCUT2D eigenvalue weighted by Crippen LogP contribution is -2.53. The van der Waals surface area contributed by atoms with Crippen LogP contribution in [0.1, 0.15) is 18.1 Å². The molecule has 2 N–H and O–H groups in total. The molecule has 2 amide bonds. The molecule has 20 heavy (non-hydrogen) atoms. The molecule has 6 heteroatoms. The van der Waals surface area contributed by atoms with Crippen molar-refractivity contribution in [2.24, 2.45) is 5.73 Å². The quantitative estimate of drug-likeness (QED) is 0.648. The van der Waals surface area contributed by atoms with Gasteiger partial charge in [0.1, 0.15) is 4.99 Å². The molecule has 0 atom stereocenters. The molecule has 0 radical (unpaired) electrons. The summed E-state index contributed by atoms with van der Waals surface area (Å²) in [5.74, 6) is -0.872. The predicted molar refractivity (Wildman–Crippen MR) is 80.0 cm³/mol. The number of piperazine rings is 1. The SMILES string of the molecule is CCN1CCN(Cc2cccc(C(N)=S)c2)C(=O)C1=O. The lowest BCUT2D eigenvalue weighted by molar-refractivity contribution is -0.156. The second kappa shape index (κ2) is 6.00. The number of hydrogen-bond donors (Lipinski definition) is 1. The Kier molecular flexibility index (Phi) is 4.34. The van der Waals surface area contributed by atoms with Crippen LogP contribution in [-0.2, 0) is 16.1 Å². The third kappa shape index (κ3) is 2.96. The lowest BCUT2D eigenvalue weighted by Gasteiger charge is -2.33. The fourth-order valence-electron chi connectivity index (χ4n) is 2.21. The molecular weight excluding hydrogens is 274 g/mol. The summed E-state index contributed by atoms with van der Waals surface area (Å²) in [4.78, 5) is 27.3. The minimum Gasteiger partial charge on any atom is -0.389 e. The molecule has 0 unspecified atom stereocenters. The first-order chi connectivity index (χ1) is 9.52. The third-order valence-corrected chi connectivity index (χ3v) is 3.60. The van der Waals surface area contributed by atoms with Gasteiger partial charge in [-0.05, 0) is 18.6 Å². The van der Waals surface area contributed by atoms with Crippen molar-refractivity contribution >= 4 is 29.0 Å². The average Bonchev–Trinajstić information content (AvgIpc) is 2.44. The number of benzene rings is 1. The van der Waals surface area contributed by atoms with Crippen LogP contribution in [-0.4, -0.2) is 46.2 Å². The number of nitrogens with zero attached hydrogens (tertiary/aromatic N) is 2. The number of thiocarbonyl (C=S) groups is 1. The van der Waals surface area contributed by atoms with Crippen LogP contribution in [0.3, 0.4) is 0 Å². The molecule has 0 spiro atoms. The molecule has 0 aromatic heterocycles. The highest BCUT2D eigenvalue weighted by molar-refractivity contribution is 7.80. The maximum Gasteiger partial charge on any atom is 0.312 e. The second-order valence-electron chi connectivity index (χ2n) is 4.68. The molecule has 0 saturated carbocycles. The molecule has 1 aliphatic heterocycles. The molecular formula is C14H17N3O2S. The average molecular weight is 291 g/mol. The monoisotopic (exact) mass is 291 g/mol. The largest absolute Gasteiger partial charge is 0.389 e. The van der Waals surface area contributed by atoms with Crippen LogP contribution in [0.5, 0.6) is 0 Å². The van der Waals surface area contributed by atoms with Crippen molar-refractivity contribution in [3.63, 3.8) is 0 Å². The lowest BCUT2D eigenvalue weighted by atomic mass is 10.1. The van der Waals surface area contributed by atoms with E-state index in [1.807, 2.05) is 31.2 Å². The van der Waals surface area contributed by atoms with Crippen molar-refractivity contribution in [1.82, 2.24) is 9.80 Å². The molecule has 1 fully saturated rings. The topological polar surface area (TPSA) is 66.6 Å². The summed E-state index contributed by atoms with van der Waals surface area (Å²) in [5.41, 5.74) is 7.28. The minimum absolute atomic E-state index is 0.324. The molecule has 106 valence electrons. The molecule has 1 heterocycles. The summed E-state index contributed by atoms with van der Waals surface area (Å²) in [6, 6.07) is 7.42. The number of carbonyl (C=O) groups is 2. The molecule has 0 aliphatic carbocycles. The first-order valence-electron chi connectivity index (χ1n) is 6.50. The zero-order valence-electron chi connectivity index (χ0n) is 11.3. The minimum atomic E-state index is -0.446. The summed E-state index contributed by atoms with van der Waals surface area (Å²) in [6.45, 7) is 3.96. The Morgan fingerprint density at radius 1 is 1.25 bits per heavy atom. The van der Waals surface area contributed by atoms with Crippen LogP contribution in [0.25, 0.3) is 0 Å². The van der Waals surface area contributed by atoms with E-state index >= 15 is 0 Å². The van der Waals surface area contributed by atoms with Gasteiger partial charge in [0.05, 0.1) is 0 Å². The number of likely N-dealkylation sites (N-methyl/N-ethyl adjacent to an activating group) is 1. The van der Waals surface area contributed by atoms with Crippen LogP contribution < -0.4 is 5.73 Å². The summed E-state index contributed by atoms with van der Waals surface area (Å²) < 4.78 is 0. The van der Waals surface area contributed by atoms with E-state index in [0.29, 0.717) is 31.2 Å². The van der Waals surface area contributed by atoms with Crippen molar-refractivity contribution in [3.05, 3.63) is 35.4 Å². The predicted octanol–water partition coefficient (Wildman–Crippen LogP) is 0.511. The van der Waals surface area contributed by atoms with Crippen molar-refractivity contribution in [1.29, 1.82) is 0 Å². The summed E-state index contributed by atoms with van der Waals surface area (Å²) in [7, 11) is 0. The maximum absolute atomic E-state index is 12.0. The Morgan fingerprint density at radius 2 is 1.90 bits per heavy atom. The summed E-state index contributed by atoms with van der Waals surface area (Å²) >= 11 is 4.94. The molecule has 1 saturated heterocycles. The standard InChI is InChI=1S/C14H17N3O2S/c1-2-16-6-7-17(14(19)13(16)18)9-10-4-3-5-11(8-10)12(15)20/h3-5,8H,2,6-7,9H2,1H3,(H2,15,20). The fraction of sp³-hybridized carbons (Fsp3) is 0.357. The van der Waals surface area contributed by atoms with Gasteiger partial charge < -0.3 is 15.5 Å². The van der Waals surface area contributed by atoms with E-state index in [1.54, 1.807) is 9.80 Å². The second-order valence-corrected chi connectivity index (χ2v) is 5.12. The summed E-state index contributed by atoms with van der Waals surface area (Å²) in [5, 5.41) is 0. The van der Waals surface area contributed by atoms with Gasteiger partial charge in [-0.2, -0.15) is 0 Å². The van der Waals surface area contributed by atoms with Crippen LogP contribution in [0.2, 0.25) is 0 Å². The molecule has 0 bridgehead atoms. The van der Waals surface area contributed by atoms with E-state index in [1.165, 1.54) is 0 Å². The Labute approximate surface area is 123 Å². The molecule has 5 nitrogen and oxygen atoms in total. The van der Waals surface area contributed by atoms with Gasteiger partial charge in [0.25, 0.3) is 0 Å². The van der Waals surface area contributed by atoms with E-state index in [0.717, 1.165) is 11.1 Å². The highest BCUT2D eigenvalue weighted by atomic mass is 32.1. The van der Waals surface area contributed by atoms with Crippen molar-refractivity contribution in [2.45, 2.75) is 13.5 Å². The van der Waals surface area contributed by atoms with Gasteiger partial charge in [0.2, 0.25) is 0 Å². The van der Waals surface area contributed by atoms with E-state index in [4.69, 9.17) is 18.0 Å². The van der Waals surface area contributed by atoms with Gasteiger partial charge in [-0.25, -0.2) is 0 Å². The summed E-state index contributed by atoms with van der Waals surface area (Å²) in [6.07, 6.45) is 0. The highest BCUT2D eigenvalue weighted by Gasteiger charge is 2.31. The molecule has 1 aromatic carbocycles. The van der Waals surface area contributed by atoms with Crippen molar-refractivity contribution < 1.29 is 9.59 Å². The van der Waals surface area contributed by atoms with Gasteiger partial charge in [-0.15, -0.1) is 0 Å². The molecule has 1 aliphatic rings. The van der Waals surface area contributed by atoms with Gasteiger partial charge in [-0.3, -0.25) is 9.59 Å². The smallest absolute Gasteiger partial charge is 0.312 e. The highest BCUT2D eigenvalue weighted by Crippen LogP contribution is 2.12. The number of nitrogens with two attached hydrogens (primary N) is 1. The van der Waals surface area contributed by atoms with Crippen LogP contribution in [0.15, 0.2) is 24.3 Å². The van der Waals surface area contributed by atoms with E-state index in [2.05, 4.69) is 0 Å². The number of amides is 2. The van der Waals surface area contributed by atoms with Crippen molar-refractivity contribution in [3.8, 4) is 0 Å². The van der Waals surface area contributed by atoms with Gasteiger partial charge >= 0.3 is 11.8 Å². The number of rotatable bonds is 4. The number of carbonyl (C=O) groups excluding carboxylic acids is 2. The zero-order valence-corrected chi connectivity index (χ0v) is 12.2. The van der Waals surface area contributed by atoms with E-state index in [-0.39, 0.29) is 0 Å². The van der Waals surface area contributed by atoms with E-state index < -0.39 is 11.8 Å². The van der Waals surface area contributed by atoms with Crippen molar-refractivity contribution in [2.75, 3.05) is 19.6 Å². The van der Waals surface area contributed by atoms with Crippen LogP contribution >= 0.6 is 12.2 Å². The van der Waals surface area contributed by atoms with E-state index in [9.17, 15) is 9.59 Å². The number of hydrogen-bond acceptors (Lipinski definition) is 3. The van der Waals surface area contributed by atoms with Gasteiger partial charge in [0.15, 0.2) is 0 Å². The Balaban J connectivity index is 2.11. The normalized spacial score (nSPS) is 15.7. The third-order valence-electron chi connectivity index (χ3n) is 3.36. The van der Waals surface area contributed by atoms with Crippen LogP contribution in [0, 0.1) is 0 Å². The van der Waals surface area contributed by atoms with Gasteiger partial charge in [-0.1, -0.05) is 30.4 Å². The Morgan fingerprint density at radius 3 is 2.55 bits per heavy atom. The van der Waals surface area contributed by atoms with Crippen LogP contribution in [0.4, 0.5) is 0 Å². The first kappa shape index (κ1) is 14.5. The maximum atomic E-state index is 12.0. The molecule has 2 rings (SSSR count). The Hall–Kier alpha value is -1.95. The Bertz CT molecular complexity index is 559. The fourth-order valence-corrected chi connectivity index (χ4v) is 2.34. The first-order valence-corrected chi connectivity index (χ1v) is 6.90. The molecule has 1 aromatic rings. The zero-order chi connectivity index (χ0) is 14.7. The van der Waals surface area contributed by atoms with Gasteiger partial charge in [0, 0.05) is 31.7 Å².